The standard InChI is InChI=1S/C17H23FN3O11P/c1-9(2)30-12(23)6-19-33(26)28-7-10-13(32-16(25)27-8-29-33)17(3,18)14(31-10)21-5-4-11(22)20-15(21)24/h4-5,9-10,13-14H,6-8H2,1-3H3,(H,19,26)(H,20,22,24)/t10-,13?,14-,17?,33?/m1/s1. The molecular weight excluding hydrogens is 472 g/mol. The number of nitrogens with zero attached hydrogens (tertiary/aromatic N) is 1. The maximum absolute atomic E-state index is 15.7. The van der Waals surface area contributed by atoms with E-state index in [0.717, 1.165) is 23.8 Å². The Bertz CT molecular complexity index is 1060. The summed E-state index contributed by atoms with van der Waals surface area (Å²) in [5, 5.41) is 2.25. The highest BCUT2D eigenvalue weighted by molar-refractivity contribution is 7.51. The number of esters is 1. The predicted molar refractivity (Wildman–Crippen MR) is 105 cm³/mol. The third-order valence-corrected chi connectivity index (χ3v) is 6.08. The molecule has 0 amide bonds. The summed E-state index contributed by atoms with van der Waals surface area (Å²) < 4.78 is 59.7. The Hall–Kier alpha value is -2.58. The van der Waals surface area contributed by atoms with Crippen LogP contribution in [0, 0.1) is 0 Å². The van der Waals surface area contributed by atoms with Crippen molar-refractivity contribution in [3.8, 4) is 0 Å². The lowest BCUT2D eigenvalue weighted by Crippen LogP contribution is -2.46. The van der Waals surface area contributed by atoms with Crippen molar-refractivity contribution >= 4 is 19.9 Å². The van der Waals surface area contributed by atoms with Gasteiger partial charge >= 0.3 is 25.6 Å². The van der Waals surface area contributed by atoms with Gasteiger partial charge in [-0.15, -0.1) is 0 Å². The van der Waals surface area contributed by atoms with Crippen molar-refractivity contribution in [2.75, 3.05) is 19.9 Å². The van der Waals surface area contributed by atoms with Gasteiger partial charge in [-0.1, -0.05) is 0 Å². The van der Waals surface area contributed by atoms with Crippen LogP contribution >= 0.6 is 7.75 Å². The number of aromatic amines is 1. The average Bonchev–Trinajstić information content (AvgIpc) is 2.95. The molecule has 1 aromatic heterocycles. The lowest BCUT2D eigenvalue weighted by atomic mass is 9.98. The lowest BCUT2D eigenvalue weighted by molar-refractivity contribution is -0.146. The van der Waals surface area contributed by atoms with Gasteiger partial charge in [0.15, 0.2) is 18.0 Å². The van der Waals surface area contributed by atoms with E-state index < -0.39 is 81.3 Å². The van der Waals surface area contributed by atoms with Crippen LogP contribution in [-0.4, -0.2) is 65.6 Å². The molecule has 3 rings (SSSR count). The second-order valence-electron chi connectivity index (χ2n) is 7.54. The molecule has 3 heterocycles. The van der Waals surface area contributed by atoms with Gasteiger partial charge in [0, 0.05) is 12.3 Å². The minimum atomic E-state index is -4.26. The van der Waals surface area contributed by atoms with Gasteiger partial charge in [0.2, 0.25) is 6.79 Å². The maximum atomic E-state index is 15.7. The van der Waals surface area contributed by atoms with Crippen molar-refractivity contribution in [2.24, 2.45) is 0 Å². The summed E-state index contributed by atoms with van der Waals surface area (Å²) in [6, 6.07) is 0.977. The van der Waals surface area contributed by atoms with Crippen LogP contribution < -0.4 is 16.3 Å². The van der Waals surface area contributed by atoms with Crippen LogP contribution in [0.25, 0.3) is 0 Å². The predicted octanol–water partition coefficient (Wildman–Crippen LogP) is 0.338. The van der Waals surface area contributed by atoms with Gasteiger partial charge in [0.25, 0.3) is 5.56 Å². The molecule has 14 nitrogen and oxygen atoms in total. The summed E-state index contributed by atoms with van der Waals surface area (Å²) >= 11 is 0. The largest absolute Gasteiger partial charge is 0.510 e. The second kappa shape index (κ2) is 9.73. The minimum Gasteiger partial charge on any atom is -0.462 e. The van der Waals surface area contributed by atoms with E-state index in [1.807, 2.05) is 4.98 Å². The number of H-pyrrole nitrogens is 1. The molecule has 0 saturated carbocycles. The molecule has 0 bridgehead atoms. The van der Waals surface area contributed by atoms with Crippen LogP contribution in [0.1, 0.15) is 27.0 Å². The summed E-state index contributed by atoms with van der Waals surface area (Å²) in [6.07, 6.45) is -5.46. The van der Waals surface area contributed by atoms with Crippen LogP contribution in [0.4, 0.5) is 9.18 Å². The number of alkyl halides is 1. The molecule has 33 heavy (non-hydrogen) atoms. The summed E-state index contributed by atoms with van der Waals surface area (Å²) in [5.74, 6) is -0.756. The molecule has 3 unspecified atom stereocenters. The molecule has 0 spiro atoms. The molecule has 2 saturated heterocycles. The fourth-order valence-corrected chi connectivity index (χ4v) is 4.30. The van der Waals surface area contributed by atoms with Crippen molar-refractivity contribution in [3.63, 3.8) is 0 Å². The fraction of sp³-hybridized carbons (Fsp3) is 0.647. The van der Waals surface area contributed by atoms with Crippen LogP contribution in [0.15, 0.2) is 21.9 Å². The van der Waals surface area contributed by atoms with Gasteiger partial charge in [-0.05, 0) is 20.8 Å². The summed E-state index contributed by atoms with van der Waals surface area (Å²) in [5.41, 5.74) is -4.19. The molecule has 2 aliphatic heterocycles. The maximum Gasteiger partial charge on any atom is 0.510 e. The molecule has 5 atom stereocenters. The first-order valence-corrected chi connectivity index (χ1v) is 11.3. The van der Waals surface area contributed by atoms with Gasteiger partial charge in [-0.2, -0.15) is 0 Å². The van der Waals surface area contributed by atoms with Crippen molar-refractivity contribution in [1.82, 2.24) is 14.6 Å². The van der Waals surface area contributed by atoms with Crippen molar-refractivity contribution < 1.29 is 46.5 Å². The number of carbonyl (C=O) groups is 2. The summed E-state index contributed by atoms with van der Waals surface area (Å²) in [4.78, 5) is 49.2. The molecule has 1 aromatic rings. The number of hydrogen-bond donors (Lipinski definition) is 2. The highest BCUT2D eigenvalue weighted by atomic mass is 31.2. The number of cyclic esters (lactones) is 1. The lowest BCUT2D eigenvalue weighted by Gasteiger charge is -2.28. The summed E-state index contributed by atoms with van der Waals surface area (Å²) in [7, 11) is -4.26. The fourth-order valence-electron chi connectivity index (χ4n) is 3.19. The second-order valence-corrected chi connectivity index (χ2v) is 9.37. The van der Waals surface area contributed by atoms with Crippen LogP contribution in [0.5, 0.6) is 0 Å². The first kappa shape index (κ1) is 25.1. The quantitative estimate of drug-likeness (QED) is 0.424. The molecule has 2 fully saturated rings. The Morgan fingerprint density at radius 3 is 2.79 bits per heavy atom. The zero-order valence-electron chi connectivity index (χ0n) is 17.8. The van der Waals surface area contributed by atoms with Gasteiger partial charge in [-0.3, -0.25) is 28.2 Å². The van der Waals surface area contributed by atoms with Gasteiger partial charge in [0.1, 0.15) is 12.6 Å². The van der Waals surface area contributed by atoms with E-state index >= 15 is 4.39 Å². The molecular formula is C17H23FN3O11P. The van der Waals surface area contributed by atoms with Gasteiger partial charge in [0.05, 0.1) is 12.7 Å². The highest BCUT2D eigenvalue weighted by Crippen LogP contribution is 2.48. The van der Waals surface area contributed by atoms with Crippen molar-refractivity contribution in [2.45, 2.75) is 51.0 Å². The molecule has 16 heteroatoms. The molecule has 2 aliphatic rings. The number of fused-ring (bicyclic) bond motifs is 1. The molecule has 0 aliphatic carbocycles. The van der Waals surface area contributed by atoms with Crippen LogP contribution in [-0.2, 0) is 37.4 Å². The number of ether oxygens (including phenoxy) is 4. The number of rotatable bonds is 5. The van der Waals surface area contributed by atoms with Crippen LogP contribution in [0.2, 0.25) is 0 Å². The Labute approximate surface area is 185 Å². The average molecular weight is 495 g/mol. The molecule has 0 radical (unpaired) electrons. The number of carbonyl (C=O) groups excluding carboxylic acids is 2. The van der Waals surface area contributed by atoms with Gasteiger partial charge in [-0.25, -0.2) is 23.6 Å². The Kier molecular flexibility index (Phi) is 7.39. The highest BCUT2D eigenvalue weighted by Gasteiger charge is 2.59. The molecule has 0 aromatic carbocycles. The van der Waals surface area contributed by atoms with E-state index in [1.165, 1.54) is 0 Å². The number of halogens is 1. The summed E-state index contributed by atoms with van der Waals surface area (Å²) in [6.45, 7) is 2.15. The zero-order chi connectivity index (χ0) is 24.4. The van der Waals surface area contributed by atoms with Crippen LogP contribution in [0.3, 0.4) is 0 Å². The SMILES string of the molecule is CC(C)OC(=O)CNP1(=O)OCOC(=O)OC2[C@@H](CO1)O[C@@H](n1ccc(=O)[nH]c1=O)C2(C)F. The minimum absolute atomic E-state index is 0.424. The van der Waals surface area contributed by atoms with E-state index in [-0.39, 0.29) is 0 Å². The topological polar surface area (TPSA) is 173 Å². The smallest absolute Gasteiger partial charge is 0.462 e. The van der Waals surface area contributed by atoms with E-state index in [4.69, 9.17) is 23.3 Å². The Morgan fingerprint density at radius 2 is 2.12 bits per heavy atom. The van der Waals surface area contributed by atoms with E-state index in [1.54, 1.807) is 13.8 Å². The number of aromatic nitrogens is 2. The Balaban J connectivity index is 1.82. The van der Waals surface area contributed by atoms with Crippen molar-refractivity contribution in [1.29, 1.82) is 0 Å². The third kappa shape index (κ3) is 5.86. The van der Waals surface area contributed by atoms with Crippen molar-refractivity contribution in [3.05, 3.63) is 33.1 Å². The molecule has 184 valence electrons. The Morgan fingerprint density at radius 1 is 1.39 bits per heavy atom. The number of nitrogens with one attached hydrogen (secondary N) is 2. The molecule has 2 N–H and O–H groups in total. The first-order valence-electron chi connectivity index (χ1n) is 9.74. The third-order valence-electron chi connectivity index (χ3n) is 4.60. The normalized spacial score (nSPS) is 32.5. The van der Waals surface area contributed by atoms with E-state index in [0.29, 0.717) is 0 Å². The van der Waals surface area contributed by atoms with E-state index in [9.17, 15) is 23.7 Å². The first-order chi connectivity index (χ1) is 15.4. The van der Waals surface area contributed by atoms with E-state index in [2.05, 4.69) is 9.82 Å². The number of hydrogen-bond acceptors (Lipinski definition) is 11. The monoisotopic (exact) mass is 495 g/mol. The zero-order valence-corrected chi connectivity index (χ0v) is 18.7. The van der Waals surface area contributed by atoms with Gasteiger partial charge < -0.3 is 18.9 Å².